The van der Waals surface area contributed by atoms with Crippen LogP contribution >= 0.6 is 11.6 Å². The Bertz CT molecular complexity index is 361. The zero-order valence-electron chi connectivity index (χ0n) is 6.30. The molecule has 0 aliphatic heterocycles. The fourth-order valence-electron chi connectivity index (χ4n) is 0.800. The summed E-state index contributed by atoms with van der Waals surface area (Å²) in [5, 5.41) is 0.146. The molecule has 2 nitrogen and oxygen atoms in total. The van der Waals surface area contributed by atoms with Gasteiger partial charge >= 0.3 is 0 Å². The van der Waals surface area contributed by atoms with Crippen molar-refractivity contribution in [3.05, 3.63) is 28.8 Å². The van der Waals surface area contributed by atoms with Crippen molar-refractivity contribution >= 4 is 23.4 Å². The summed E-state index contributed by atoms with van der Waals surface area (Å²) in [5.41, 5.74) is -0.215. The van der Waals surface area contributed by atoms with Gasteiger partial charge in [0.15, 0.2) is 0 Å². The summed E-state index contributed by atoms with van der Waals surface area (Å²) in [6.07, 6.45) is -1.36. The molecule has 1 aromatic carbocycles. The van der Waals surface area contributed by atoms with E-state index in [1.807, 2.05) is 0 Å². The highest BCUT2D eigenvalue weighted by atomic mass is 35.5. The molecule has 1 rings (SSSR count). The van der Waals surface area contributed by atoms with Gasteiger partial charge < -0.3 is 0 Å². The number of nitrogens with zero attached hydrogens (tertiary/aromatic N) is 1. The molecule has 0 aliphatic rings. The van der Waals surface area contributed by atoms with E-state index in [1.54, 1.807) is 0 Å². The van der Waals surface area contributed by atoms with Gasteiger partial charge in [-0.1, -0.05) is 17.7 Å². The molecule has 0 radical (unpaired) electrons. The summed E-state index contributed by atoms with van der Waals surface area (Å²) in [5.74, 6) is 0. The molecule has 0 saturated carbocycles. The number of carbonyl (C=O) groups excluding carboxylic acids is 1. The van der Waals surface area contributed by atoms with Crippen LogP contribution in [0.25, 0.3) is 0 Å². The number of isocyanates is 1. The fraction of sp³-hybridized carbons (Fsp3) is 0.125. The van der Waals surface area contributed by atoms with E-state index in [-0.39, 0.29) is 16.3 Å². The molecule has 0 unspecified atom stereocenters. The van der Waals surface area contributed by atoms with Crippen molar-refractivity contribution in [1.82, 2.24) is 0 Å². The number of halogens is 3. The van der Waals surface area contributed by atoms with Crippen molar-refractivity contribution in [3.63, 3.8) is 0 Å². The van der Waals surface area contributed by atoms with Crippen LogP contribution in [0.15, 0.2) is 23.2 Å². The van der Waals surface area contributed by atoms with Crippen LogP contribution in [-0.2, 0) is 4.79 Å². The quantitative estimate of drug-likeness (QED) is 0.536. The van der Waals surface area contributed by atoms with E-state index in [2.05, 4.69) is 4.99 Å². The lowest BCUT2D eigenvalue weighted by Crippen LogP contribution is -1.82. The summed E-state index contributed by atoms with van der Waals surface area (Å²) < 4.78 is 24.3. The van der Waals surface area contributed by atoms with Gasteiger partial charge in [0.2, 0.25) is 6.08 Å². The Balaban J connectivity index is 3.18. The van der Waals surface area contributed by atoms with E-state index in [0.717, 1.165) is 6.07 Å². The molecule has 68 valence electrons. The maximum Gasteiger partial charge on any atom is 0.263 e. The summed E-state index contributed by atoms with van der Waals surface area (Å²) >= 11 is 5.56. The van der Waals surface area contributed by atoms with E-state index in [9.17, 15) is 13.6 Å². The maximum absolute atomic E-state index is 12.1. The minimum absolute atomic E-state index is 0.00877. The van der Waals surface area contributed by atoms with Gasteiger partial charge in [0, 0.05) is 5.56 Å². The lowest BCUT2D eigenvalue weighted by atomic mass is 10.2. The number of alkyl halides is 2. The van der Waals surface area contributed by atoms with Crippen LogP contribution in [0, 0.1) is 0 Å². The van der Waals surface area contributed by atoms with Gasteiger partial charge in [-0.25, -0.2) is 13.6 Å². The number of hydrogen-bond acceptors (Lipinski definition) is 2. The highest BCUT2D eigenvalue weighted by molar-refractivity contribution is 6.33. The molecular formula is C8H4ClF2NO. The summed E-state index contributed by atoms with van der Waals surface area (Å²) in [4.78, 5) is 13.0. The smallest absolute Gasteiger partial charge is 0.211 e. The predicted molar refractivity (Wildman–Crippen MR) is 44.2 cm³/mol. The average molecular weight is 204 g/mol. The Hall–Kier alpha value is -1.25. The molecule has 0 fully saturated rings. The molecule has 0 N–H and O–H groups in total. The Morgan fingerprint density at radius 2 is 2.15 bits per heavy atom. The van der Waals surface area contributed by atoms with Gasteiger partial charge in [-0.05, 0) is 12.1 Å². The van der Waals surface area contributed by atoms with Crippen LogP contribution in [0.1, 0.15) is 12.0 Å². The number of hydrogen-bond donors (Lipinski definition) is 0. The number of aliphatic imine (C=N–C) groups is 1. The van der Waals surface area contributed by atoms with Crippen molar-refractivity contribution in [2.75, 3.05) is 0 Å². The van der Waals surface area contributed by atoms with E-state index >= 15 is 0 Å². The highest BCUT2D eigenvalue weighted by Crippen LogP contribution is 2.29. The molecule has 0 spiro atoms. The molecule has 13 heavy (non-hydrogen) atoms. The summed E-state index contributed by atoms with van der Waals surface area (Å²) in [6.45, 7) is 0. The van der Waals surface area contributed by atoms with Crippen LogP contribution in [0.5, 0.6) is 0 Å². The zero-order valence-corrected chi connectivity index (χ0v) is 7.05. The van der Waals surface area contributed by atoms with Gasteiger partial charge in [-0.2, -0.15) is 4.99 Å². The van der Waals surface area contributed by atoms with Crippen molar-refractivity contribution < 1.29 is 13.6 Å². The molecule has 0 amide bonds. The van der Waals surface area contributed by atoms with Crippen LogP contribution in [0.2, 0.25) is 5.02 Å². The highest BCUT2D eigenvalue weighted by Gasteiger charge is 2.09. The van der Waals surface area contributed by atoms with Crippen LogP contribution in [0.3, 0.4) is 0 Å². The second-order valence-electron chi connectivity index (χ2n) is 2.21. The second kappa shape index (κ2) is 4.12. The maximum atomic E-state index is 12.1. The average Bonchev–Trinajstić information content (AvgIpc) is 2.08. The molecule has 5 heteroatoms. The minimum atomic E-state index is -2.60. The largest absolute Gasteiger partial charge is 0.263 e. The fourth-order valence-corrected chi connectivity index (χ4v) is 0.960. The Morgan fingerprint density at radius 3 is 2.69 bits per heavy atom. The monoisotopic (exact) mass is 203 g/mol. The van der Waals surface area contributed by atoms with Crippen LogP contribution in [-0.4, -0.2) is 6.08 Å². The lowest BCUT2D eigenvalue weighted by Gasteiger charge is -2.00. The summed E-state index contributed by atoms with van der Waals surface area (Å²) in [6, 6.07) is 3.49. The van der Waals surface area contributed by atoms with Gasteiger partial charge in [0.25, 0.3) is 6.43 Å². The first kappa shape index (κ1) is 9.84. The van der Waals surface area contributed by atoms with Gasteiger partial charge in [0.1, 0.15) is 0 Å². The van der Waals surface area contributed by atoms with E-state index in [4.69, 9.17) is 11.6 Å². The third-order valence-corrected chi connectivity index (χ3v) is 1.71. The third-order valence-electron chi connectivity index (χ3n) is 1.39. The molecule has 0 atom stereocenters. The van der Waals surface area contributed by atoms with Gasteiger partial charge in [0.05, 0.1) is 10.7 Å². The minimum Gasteiger partial charge on any atom is -0.211 e. The standard InChI is InChI=1S/C8H4ClF2NO/c9-6-2-1-5(8(10)11)3-7(6)12-4-13/h1-3,8H. The van der Waals surface area contributed by atoms with E-state index < -0.39 is 6.43 Å². The first-order chi connectivity index (χ1) is 6.15. The molecule has 0 aliphatic carbocycles. The zero-order chi connectivity index (χ0) is 9.84. The lowest BCUT2D eigenvalue weighted by molar-refractivity contribution is 0.151. The Labute approximate surface area is 77.9 Å². The number of rotatable bonds is 2. The second-order valence-corrected chi connectivity index (χ2v) is 2.62. The molecular weight excluding hydrogens is 200 g/mol. The van der Waals surface area contributed by atoms with Gasteiger partial charge in [-0.3, -0.25) is 0 Å². The molecule has 1 aromatic rings. The van der Waals surface area contributed by atoms with Crippen molar-refractivity contribution in [3.8, 4) is 0 Å². The first-order valence-electron chi connectivity index (χ1n) is 3.30. The number of benzene rings is 1. The van der Waals surface area contributed by atoms with Crippen molar-refractivity contribution in [2.24, 2.45) is 4.99 Å². The van der Waals surface area contributed by atoms with Crippen molar-refractivity contribution in [1.29, 1.82) is 0 Å². The SMILES string of the molecule is O=C=Nc1cc(C(F)F)ccc1Cl. The third kappa shape index (κ3) is 2.34. The molecule has 0 aromatic heterocycles. The topological polar surface area (TPSA) is 29.4 Å². The Morgan fingerprint density at radius 1 is 1.46 bits per heavy atom. The van der Waals surface area contributed by atoms with Crippen LogP contribution in [0.4, 0.5) is 14.5 Å². The molecule has 0 bridgehead atoms. The van der Waals surface area contributed by atoms with Gasteiger partial charge in [-0.15, -0.1) is 0 Å². The van der Waals surface area contributed by atoms with E-state index in [0.29, 0.717) is 0 Å². The molecule has 0 saturated heterocycles. The first-order valence-corrected chi connectivity index (χ1v) is 3.68. The summed E-state index contributed by atoms with van der Waals surface area (Å²) in [7, 11) is 0. The molecule has 0 heterocycles. The normalized spacial score (nSPS) is 9.85. The van der Waals surface area contributed by atoms with Crippen molar-refractivity contribution in [2.45, 2.75) is 6.43 Å². The Kier molecular flexibility index (Phi) is 3.12. The van der Waals surface area contributed by atoms with E-state index in [1.165, 1.54) is 18.2 Å². The van der Waals surface area contributed by atoms with Crippen LogP contribution < -0.4 is 0 Å². The predicted octanol–water partition coefficient (Wildman–Crippen LogP) is 3.24.